The van der Waals surface area contributed by atoms with Gasteiger partial charge < -0.3 is 19.6 Å². The molecule has 1 saturated heterocycles. The van der Waals surface area contributed by atoms with E-state index in [2.05, 4.69) is 20.4 Å². The van der Waals surface area contributed by atoms with E-state index < -0.39 is 11.9 Å². The van der Waals surface area contributed by atoms with Crippen LogP contribution in [0.5, 0.6) is 0 Å². The number of carbonyl (C=O) groups is 1. The van der Waals surface area contributed by atoms with E-state index in [0.717, 1.165) is 6.07 Å². The fourth-order valence-corrected chi connectivity index (χ4v) is 2.85. The van der Waals surface area contributed by atoms with Crippen molar-refractivity contribution in [3.05, 3.63) is 23.6 Å². The van der Waals surface area contributed by atoms with Gasteiger partial charge in [0.1, 0.15) is 11.6 Å². The number of alkyl halides is 3. The van der Waals surface area contributed by atoms with Crippen molar-refractivity contribution < 1.29 is 22.5 Å². The number of hydrogen-bond acceptors (Lipinski definition) is 8. The minimum atomic E-state index is -4.55. The highest BCUT2D eigenvalue weighted by atomic mass is 19.4. The standard InChI is InChI=1S/C17H22F3N7O2/c1-11-8-13(24-29-11)22-15(28)10-26-4-6-27(7-5-26)16-21-12(17(18,19)20)9-14(23-16)25(2)3/h8-9H,4-7,10H2,1-3H3,(H,22,24,28). The van der Waals surface area contributed by atoms with Gasteiger partial charge >= 0.3 is 6.18 Å². The van der Waals surface area contributed by atoms with Gasteiger partial charge in [0.2, 0.25) is 11.9 Å². The highest BCUT2D eigenvalue weighted by Gasteiger charge is 2.35. The van der Waals surface area contributed by atoms with E-state index in [-0.39, 0.29) is 24.2 Å². The summed E-state index contributed by atoms with van der Waals surface area (Å²) in [5, 5.41) is 6.35. The van der Waals surface area contributed by atoms with Crippen molar-refractivity contribution in [2.45, 2.75) is 13.1 Å². The number of nitrogens with one attached hydrogen (secondary N) is 1. The summed E-state index contributed by atoms with van der Waals surface area (Å²) in [5.41, 5.74) is -0.976. The molecule has 1 N–H and O–H groups in total. The number of amides is 1. The maximum atomic E-state index is 13.2. The highest BCUT2D eigenvalue weighted by Crippen LogP contribution is 2.31. The summed E-state index contributed by atoms with van der Waals surface area (Å²) in [5.74, 6) is 0.918. The quantitative estimate of drug-likeness (QED) is 0.791. The number of rotatable bonds is 5. The lowest BCUT2D eigenvalue weighted by Gasteiger charge is -2.34. The van der Waals surface area contributed by atoms with Crippen LogP contribution in [0, 0.1) is 6.92 Å². The van der Waals surface area contributed by atoms with Crippen LogP contribution in [-0.2, 0) is 11.0 Å². The smallest absolute Gasteiger partial charge is 0.363 e. The van der Waals surface area contributed by atoms with E-state index >= 15 is 0 Å². The fourth-order valence-electron chi connectivity index (χ4n) is 2.85. The van der Waals surface area contributed by atoms with Crippen LogP contribution in [0.25, 0.3) is 0 Å². The molecule has 9 nitrogen and oxygen atoms in total. The second kappa shape index (κ2) is 8.23. The summed E-state index contributed by atoms with van der Waals surface area (Å²) in [7, 11) is 3.25. The Kier molecular flexibility index (Phi) is 5.91. The predicted octanol–water partition coefficient (Wildman–Crippen LogP) is 1.62. The Balaban J connectivity index is 1.61. The zero-order valence-electron chi connectivity index (χ0n) is 16.3. The van der Waals surface area contributed by atoms with E-state index in [1.807, 2.05) is 4.90 Å². The summed E-state index contributed by atoms with van der Waals surface area (Å²) in [6.45, 7) is 3.66. The van der Waals surface area contributed by atoms with Gasteiger partial charge in [0.05, 0.1) is 6.54 Å². The molecule has 0 bridgehead atoms. The van der Waals surface area contributed by atoms with Gasteiger partial charge in [-0.3, -0.25) is 9.69 Å². The molecule has 1 aliphatic heterocycles. The third kappa shape index (κ3) is 5.34. The summed E-state index contributed by atoms with van der Waals surface area (Å²) in [4.78, 5) is 25.2. The van der Waals surface area contributed by atoms with E-state index in [1.165, 1.54) is 4.90 Å². The topological polar surface area (TPSA) is 90.6 Å². The predicted molar refractivity (Wildman–Crippen MR) is 99.9 cm³/mol. The first kappa shape index (κ1) is 20.8. The van der Waals surface area contributed by atoms with Gasteiger partial charge in [-0.15, -0.1) is 0 Å². The normalized spacial score (nSPS) is 15.4. The van der Waals surface area contributed by atoms with Gasteiger partial charge in [0.15, 0.2) is 11.5 Å². The first-order valence-electron chi connectivity index (χ1n) is 8.96. The van der Waals surface area contributed by atoms with Gasteiger partial charge in [-0.25, -0.2) is 4.98 Å². The molecule has 2 aromatic rings. The molecule has 0 spiro atoms. The second-order valence-electron chi connectivity index (χ2n) is 6.94. The van der Waals surface area contributed by atoms with Crippen molar-refractivity contribution in [1.29, 1.82) is 0 Å². The van der Waals surface area contributed by atoms with Crippen LogP contribution in [0.1, 0.15) is 11.5 Å². The fraction of sp³-hybridized carbons (Fsp3) is 0.529. The average molecular weight is 413 g/mol. The number of piperazine rings is 1. The molecule has 3 heterocycles. The lowest BCUT2D eigenvalue weighted by Crippen LogP contribution is -2.49. The largest absolute Gasteiger partial charge is 0.433 e. The monoisotopic (exact) mass is 413 g/mol. The third-order valence-corrected chi connectivity index (χ3v) is 4.37. The number of nitrogens with zero attached hydrogens (tertiary/aromatic N) is 6. The molecule has 12 heteroatoms. The maximum absolute atomic E-state index is 13.2. The zero-order valence-corrected chi connectivity index (χ0v) is 16.3. The van der Waals surface area contributed by atoms with E-state index in [1.54, 1.807) is 32.0 Å². The van der Waals surface area contributed by atoms with Crippen LogP contribution in [-0.4, -0.2) is 72.8 Å². The van der Waals surface area contributed by atoms with Crippen LogP contribution < -0.4 is 15.1 Å². The van der Waals surface area contributed by atoms with Crippen LogP contribution in [0.3, 0.4) is 0 Å². The number of aromatic nitrogens is 3. The number of hydrogen-bond donors (Lipinski definition) is 1. The van der Waals surface area contributed by atoms with Crippen molar-refractivity contribution in [1.82, 2.24) is 20.0 Å². The Morgan fingerprint density at radius 1 is 1.21 bits per heavy atom. The molecule has 1 aliphatic rings. The van der Waals surface area contributed by atoms with Gasteiger partial charge in [0.25, 0.3) is 0 Å². The molecular formula is C17H22F3N7O2. The maximum Gasteiger partial charge on any atom is 0.433 e. The highest BCUT2D eigenvalue weighted by molar-refractivity contribution is 5.91. The van der Waals surface area contributed by atoms with E-state index in [0.29, 0.717) is 37.8 Å². The van der Waals surface area contributed by atoms with Crippen LogP contribution >= 0.6 is 0 Å². The summed E-state index contributed by atoms with van der Waals surface area (Å²) in [6.07, 6.45) is -4.55. The van der Waals surface area contributed by atoms with Crippen molar-refractivity contribution in [3.8, 4) is 0 Å². The Bertz CT molecular complexity index is 861. The lowest BCUT2D eigenvalue weighted by atomic mass is 10.3. The SMILES string of the molecule is Cc1cc(NC(=O)CN2CCN(c3nc(N(C)C)cc(C(F)(F)F)n3)CC2)no1. The van der Waals surface area contributed by atoms with Crippen molar-refractivity contribution in [2.24, 2.45) is 0 Å². The van der Waals surface area contributed by atoms with Gasteiger partial charge in [-0.2, -0.15) is 18.2 Å². The molecule has 0 radical (unpaired) electrons. The molecule has 0 unspecified atom stereocenters. The van der Waals surface area contributed by atoms with Gasteiger partial charge in [-0.05, 0) is 6.92 Å². The third-order valence-electron chi connectivity index (χ3n) is 4.37. The summed E-state index contributed by atoms with van der Waals surface area (Å²) < 4.78 is 44.4. The Labute approximate surface area is 165 Å². The Morgan fingerprint density at radius 2 is 1.90 bits per heavy atom. The van der Waals surface area contributed by atoms with Crippen LogP contribution in [0.4, 0.5) is 30.8 Å². The Morgan fingerprint density at radius 3 is 2.45 bits per heavy atom. The summed E-state index contributed by atoms with van der Waals surface area (Å²) in [6, 6.07) is 2.54. The molecular weight excluding hydrogens is 391 g/mol. The van der Waals surface area contributed by atoms with Gasteiger partial charge in [0, 0.05) is 52.4 Å². The molecule has 0 saturated carbocycles. The first-order valence-corrected chi connectivity index (χ1v) is 8.96. The lowest BCUT2D eigenvalue weighted by molar-refractivity contribution is -0.141. The number of aryl methyl sites for hydroxylation is 1. The minimum Gasteiger partial charge on any atom is -0.363 e. The molecule has 158 valence electrons. The molecule has 1 amide bonds. The molecule has 29 heavy (non-hydrogen) atoms. The zero-order chi connectivity index (χ0) is 21.2. The number of halogens is 3. The molecule has 0 aliphatic carbocycles. The number of carbonyl (C=O) groups excluding carboxylic acids is 1. The average Bonchev–Trinajstić information content (AvgIpc) is 3.05. The van der Waals surface area contributed by atoms with Crippen molar-refractivity contribution in [3.63, 3.8) is 0 Å². The van der Waals surface area contributed by atoms with E-state index in [4.69, 9.17) is 4.52 Å². The van der Waals surface area contributed by atoms with Gasteiger partial charge in [-0.1, -0.05) is 5.16 Å². The second-order valence-corrected chi connectivity index (χ2v) is 6.94. The first-order chi connectivity index (χ1) is 13.6. The van der Waals surface area contributed by atoms with Crippen LogP contribution in [0.15, 0.2) is 16.7 Å². The van der Waals surface area contributed by atoms with E-state index in [9.17, 15) is 18.0 Å². The molecule has 2 aromatic heterocycles. The molecule has 0 atom stereocenters. The molecule has 3 rings (SSSR count). The number of anilines is 3. The molecule has 1 fully saturated rings. The Hall–Kier alpha value is -2.89. The minimum absolute atomic E-state index is 0.0331. The summed E-state index contributed by atoms with van der Waals surface area (Å²) >= 11 is 0. The molecule has 0 aromatic carbocycles. The van der Waals surface area contributed by atoms with Crippen molar-refractivity contribution in [2.75, 3.05) is 61.9 Å². The van der Waals surface area contributed by atoms with Crippen LogP contribution in [0.2, 0.25) is 0 Å². The van der Waals surface area contributed by atoms with Crippen molar-refractivity contribution >= 4 is 23.5 Å².